The number of halogens is 1. The molecular weight excluding hydrogens is 336 g/mol. The highest BCUT2D eigenvalue weighted by Gasteiger charge is 2.44. The molecule has 1 aromatic heterocycles. The monoisotopic (exact) mass is 360 g/mol. The molecule has 0 spiro atoms. The number of nitrogens with zero attached hydrogens (tertiary/aromatic N) is 2. The van der Waals surface area contributed by atoms with E-state index in [1.54, 1.807) is 25.1 Å². The summed E-state index contributed by atoms with van der Waals surface area (Å²) < 4.78 is 13.5. The van der Waals surface area contributed by atoms with Crippen LogP contribution in [0.25, 0.3) is 0 Å². The van der Waals surface area contributed by atoms with Crippen molar-refractivity contribution in [3.8, 4) is 0 Å². The van der Waals surface area contributed by atoms with E-state index >= 15 is 0 Å². The Labute approximate surface area is 134 Å². The fourth-order valence-electron chi connectivity index (χ4n) is 3.34. The first-order valence-corrected chi connectivity index (χ1v) is 8.26. The van der Waals surface area contributed by atoms with Crippen LogP contribution in [0.4, 0.5) is 0 Å². The molecule has 0 radical (unpaired) electrons. The van der Waals surface area contributed by atoms with Gasteiger partial charge in [0.2, 0.25) is 0 Å². The van der Waals surface area contributed by atoms with Crippen LogP contribution in [0.1, 0.15) is 44.4 Å². The molecule has 6 heteroatoms. The first-order valence-electron chi connectivity index (χ1n) is 7.47. The summed E-state index contributed by atoms with van der Waals surface area (Å²) in [5, 5.41) is 15.3. The first-order chi connectivity index (χ1) is 10.0. The molecule has 5 nitrogen and oxygen atoms in total. The van der Waals surface area contributed by atoms with E-state index in [0.717, 1.165) is 29.4 Å². The zero-order valence-electron chi connectivity index (χ0n) is 13.0. The Bertz CT molecular complexity index is 466. The molecule has 1 heterocycles. The highest BCUT2D eigenvalue weighted by atomic mass is 79.9. The van der Waals surface area contributed by atoms with Crippen molar-refractivity contribution in [3.63, 3.8) is 0 Å². The predicted octanol–water partition coefficient (Wildman–Crippen LogP) is 2.92. The molecular formula is C15H25BrN2O3. The van der Waals surface area contributed by atoms with Crippen molar-refractivity contribution in [1.29, 1.82) is 0 Å². The van der Waals surface area contributed by atoms with Crippen LogP contribution in [0.2, 0.25) is 0 Å². The van der Waals surface area contributed by atoms with Crippen molar-refractivity contribution in [3.05, 3.63) is 16.4 Å². The van der Waals surface area contributed by atoms with Crippen molar-refractivity contribution in [1.82, 2.24) is 9.78 Å². The SMILES string of the molecule is COCCn1ncc(Br)c1C(O)C1(OC)CCCC(C)C1. The molecule has 1 aliphatic carbocycles. The molecule has 0 amide bonds. The molecule has 1 fully saturated rings. The van der Waals surface area contributed by atoms with Crippen LogP contribution in [0.5, 0.6) is 0 Å². The number of hydrogen-bond donors (Lipinski definition) is 1. The summed E-state index contributed by atoms with van der Waals surface area (Å²) in [5.74, 6) is 0.558. The van der Waals surface area contributed by atoms with Gasteiger partial charge in [-0.2, -0.15) is 5.10 Å². The second-order valence-corrected chi connectivity index (χ2v) is 6.82. The topological polar surface area (TPSA) is 56.5 Å². The van der Waals surface area contributed by atoms with Crippen molar-refractivity contribution < 1.29 is 14.6 Å². The minimum absolute atomic E-state index is 0.523. The molecule has 0 saturated heterocycles. The molecule has 21 heavy (non-hydrogen) atoms. The fraction of sp³-hybridized carbons (Fsp3) is 0.800. The van der Waals surface area contributed by atoms with Crippen LogP contribution in [-0.4, -0.2) is 41.3 Å². The molecule has 3 atom stereocenters. The quantitative estimate of drug-likeness (QED) is 0.847. The van der Waals surface area contributed by atoms with Crippen molar-refractivity contribution in [2.75, 3.05) is 20.8 Å². The van der Waals surface area contributed by atoms with Gasteiger partial charge in [0.15, 0.2) is 0 Å². The van der Waals surface area contributed by atoms with Crippen molar-refractivity contribution >= 4 is 15.9 Å². The number of ether oxygens (including phenoxy) is 2. The summed E-state index contributed by atoms with van der Waals surface area (Å²) >= 11 is 3.51. The summed E-state index contributed by atoms with van der Waals surface area (Å²) in [6, 6.07) is 0. The maximum absolute atomic E-state index is 11.0. The van der Waals surface area contributed by atoms with Gasteiger partial charge in [-0.15, -0.1) is 0 Å². The fourth-order valence-corrected chi connectivity index (χ4v) is 3.85. The number of hydrogen-bond acceptors (Lipinski definition) is 4. The maximum atomic E-state index is 11.0. The van der Waals surface area contributed by atoms with E-state index in [2.05, 4.69) is 28.0 Å². The summed E-state index contributed by atoms with van der Waals surface area (Å²) in [6.45, 7) is 3.39. The van der Waals surface area contributed by atoms with Crippen LogP contribution in [0.3, 0.4) is 0 Å². The Balaban J connectivity index is 2.28. The third-order valence-corrected chi connectivity index (χ3v) is 5.11. The van der Waals surface area contributed by atoms with Gasteiger partial charge in [0.05, 0.1) is 35.1 Å². The molecule has 3 unspecified atom stereocenters. The molecule has 1 aliphatic rings. The molecule has 1 N–H and O–H groups in total. The van der Waals surface area contributed by atoms with Gasteiger partial charge in [0.1, 0.15) is 6.10 Å². The molecule has 0 aliphatic heterocycles. The summed E-state index contributed by atoms with van der Waals surface area (Å²) in [7, 11) is 3.36. The Morgan fingerprint density at radius 3 is 2.95 bits per heavy atom. The molecule has 0 aromatic carbocycles. The van der Waals surface area contributed by atoms with Gasteiger partial charge in [0, 0.05) is 14.2 Å². The third-order valence-electron chi connectivity index (χ3n) is 4.50. The van der Waals surface area contributed by atoms with Crippen molar-refractivity contribution in [2.24, 2.45) is 5.92 Å². The summed E-state index contributed by atoms with van der Waals surface area (Å²) in [5.41, 5.74) is 0.258. The van der Waals surface area contributed by atoms with Gasteiger partial charge in [-0.25, -0.2) is 0 Å². The van der Waals surface area contributed by atoms with Crippen LogP contribution in [0, 0.1) is 5.92 Å². The molecule has 0 bridgehead atoms. The normalized spacial score (nSPS) is 27.8. The Hall–Kier alpha value is -0.430. The lowest BCUT2D eigenvalue weighted by atomic mass is 9.75. The number of aliphatic hydroxyl groups is 1. The van der Waals surface area contributed by atoms with Crippen LogP contribution in [-0.2, 0) is 16.0 Å². The van der Waals surface area contributed by atoms with Gasteiger partial charge in [-0.3, -0.25) is 4.68 Å². The van der Waals surface area contributed by atoms with E-state index in [4.69, 9.17) is 9.47 Å². The lowest BCUT2D eigenvalue weighted by Gasteiger charge is -2.42. The standard InChI is InChI=1S/C15H25BrN2O3/c1-11-5-4-6-15(9-11,21-3)14(19)13-12(16)10-17-18(13)7-8-20-2/h10-11,14,19H,4-9H2,1-3H3. The molecule has 1 saturated carbocycles. The van der Waals surface area contributed by atoms with E-state index in [-0.39, 0.29) is 0 Å². The zero-order valence-corrected chi connectivity index (χ0v) is 14.6. The van der Waals surface area contributed by atoms with Crippen LogP contribution < -0.4 is 0 Å². The second-order valence-electron chi connectivity index (χ2n) is 5.97. The Morgan fingerprint density at radius 2 is 2.33 bits per heavy atom. The Morgan fingerprint density at radius 1 is 1.57 bits per heavy atom. The van der Waals surface area contributed by atoms with Gasteiger partial charge < -0.3 is 14.6 Å². The summed E-state index contributed by atoms with van der Waals surface area (Å²) in [6.07, 6.45) is 5.05. The largest absolute Gasteiger partial charge is 0.384 e. The van der Waals surface area contributed by atoms with E-state index < -0.39 is 11.7 Å². The average Bonchev–Trinajstić information content (AvgIpc) is 2.85. The number of aliphatic hydroxyl groups excluding tert-OH is 1. The van der Waals surface area contributed by atoms with Crippen LogP contribution in [0.15, 0.2) is 10.7 Å². The average molecular weight is 361 g/mol. The van der Waals surface area contributed by atoms with Gasteiger partial charge in [-0.05, 0) is 34.7 Å². The van der Waals surface area contributed by atoms with Gasteiger partial charge in [0.25, 0.3) is 0 Å². The predicted molar refractivity (Wildman–Crippen MR) is 84.1 cm³/mol. The maximum Gasteiger partial charge on any atom is 0.126 e. The van der Waals surface area contributed by atoms with Crippen molar-refractivity contribution in [2.45, 2.75) is 50.9 Å². The lowest BCUT2D eigenvalue weighted by molar-refractivity contribution is -0.137. The van der Waals surface area contributed by atoms with E-state index in [9.17, 15) is 5.11 Å². The first kappa shape index (κ1) is 16.9. The van der Waals surface area contributed by atoms with E-state index in [1.807, 2.05) is 0 Å². The van der Waals surface area contributed by atoms with Gasteiger partial charge in [-0.1, -0.05) is 19.8 Å². The molecule has 1 aromatic rings. The van der Waals surface area contributed by atoms with E-state index in [0.29, 0.717) is 19.1 Å². The smallest absolute Gasteiger partial charge is 0.126 e. The molecule has 120 valence electrons. The van der Waals surface area contributed by atoms with Gasteiger partial charge >= 0.3 is 0 Å². The summed E-state index contributed by atoms with van der Waals surface area (Å²) in [4.78, 5) is 0. The Kier molecular flexibility index (Phi) is 5.82. The minimum Gasteiger partial charge on any atom is -0.384 e. The second kappa shape index (κ2) is 7.22. The number of aromatic nitrogens is 2. The highest BCUT2D eigenvalue weighted by Crippen LogP contribution is 2.44. The third kappa shape index (κ3) is 3.50. The van der Waals surface area contributed by atoms with E-state index in [1.165, 1.54) is 6.42 Å². The highest BCUT2D eigenvalue weighted by molar-refractivity contribution is 9.10. The number of rotatable bonds is 6. The molecule has 2 rings (SSSR count). The minimum atomic E-state index is -0.695. The van der Waals surface area contributed by atoms with Crippen LogP contribution >= 0.6 is 15.9 Å². The lowest BCUT2D eigenvalue weighted by Crippen LogP contribution is -2.43. The zero-order chi connectivity index (χ0) is 15.5. The number of methoxy groups -OCH3 is 2.